The Morgan fingerprint density at radius 1 is 1.11 bits per heavy atom. The van der Waals surface area contributed by atoms with Gasteiger partial charge in [0.05, 0.1) is 23.5 Å². The Balaban J connectivity index is 1.81. The molecule has 142 valence electrons. The first kappa shape index (κ1) is 18.4. The number of carbonyl (C=O) groups excluding carboxylic acids is 1. The Hall–Kier alpha value is -1.99. The van der Waals surface area contributed by atoms with Crippen LogP contribution in [-0.2, 0) is 10.2 Å². The van der Waals surface area contributed by atoms with E-state index in [1.165, 1.54) is 0 Å². The topological polar surface area (TPSA) is 75.1 Å². The summed E-state index contributed by atoms with van der Waals surface area (Å²) in [7, 11) is 0. The molecule has 0 bridgehead atoms. The molecular weight excluding hydrogens is 387 g/mol. The molecule has 3 heterocycles. The SMILES string of the molecule is CCN(CC)c1ncc(N2C(=O)C3(CCCC3)c3c(Cl)nc(Cl)nc32)cn1. The summed E-state index contributed by atoms with van der Waals surface area (Å²) >= 11 is 12.5. The minimum Gasteiger partial charge on any atom is -0.341 e. The smallest absolute Gasteiger partial charge is 0.243 e. The number of hydrogen-bond acceptors (Lipinski definition) is 6. The second-order valence-corrected chi connectivity index (χ2v) is 7.52. The molecule has 0 aromatic carbocycles. The van der Waals surface area contributed by atoms with E-state index in [1.807, 2.05) is 18.7 Å². The molecule has 2 aromatic heterocycles. The second kappa shape index (κ2) is 6.87. The molecule has 1 aliphatic carbocycles. The minimum absolute atomic E-state index is 0.0206. The van der Waals surface area contributed by atoms with Crippen molar-refractivity contribution in [3.8, 4) is 0 Å². The summed E-state index contributed by atoms with van der Waals surface area (Å²) < 4.78 is 0. The highest BCUT2D eigenvalue weighted by molar-refractivity contribution is 6.34. The molecule has 1 amide bonds. The van der Waals surface area contributed by atoms with Gasteiger partial charge in [-0.2, -0.15) is 4.98 Å². The van der Waals surface area contributed by atoms with Crippen molar-refractivity contribution < 1.29 is 4.79 Å². The van der Waals surface area contributed by atoms with E-state index in [4.69, 9.17) is 23.2 Å². The first-order valence-electron chi connectivity index (χ1n) is 9.17. The zero-order valence-corrected chi connectivity index (χ0v) is 16.8. The first-order valence-corrected chi connectivity index (χ1v) is 9.92. The van der Waals surface area contributed by atoms with E-state index in [0.29, 0.717) is 23.0 Å². The van der Waals surface area contributed by atoms with Crippen molar-refractivity contribution in [2.75, 3.05) is 22.9 Å². The maximum atomic E-state index is 13.5. The van der Waals surface area contributed by atoms with Crippen LogP contribution >= 0.6 is 23.2 Å². The number of rotatable bonds is 4. The standard InChI is InChI=1S/C18H20Cl2N6O/c1-3-25(4-2)17-21-9-11(10-22-17)26-14-12(13(19)23-16(20)24-14)18(15(26)27)7-5-6-8-18/h9-10H,3-8H2,1-2H3. The van der Waals surface area contributed by atoms with Gasteiger partial charge in [-0.15, -0.1) is 0 Å². The molecule has 0 radical (unpaired) electrons. The van der Waals surface area contributed by atoms with Crippen LogP contribution in [0.1, 0.15) is 45.1 Å². The molecule has 27 heavy (non-hydrogen) atoms. The largest absolute Gasteiger partial charge is 0.341 e. The highest BCUT2D eigenvalue weighted by Gasteiger charge is 2.55. The molecule has 1 fully saturated rings. The lowest BCUT2D eigenvalue weighted by Gasteiger charge is -2.23. The first-order chi connectivity index (χ1) is 13.0. The van der Waals surface area contributed by atoms with Crippen LogP contribution in [0.5, 0.6) is 0 Å². The van der Waals surface area contributed by atoms with Crippen molar-refractivity contribution in [3.63, 3.8) is 0 Å². The summed E-state index contributed by atoms with van der Waals surface area (Å²) in [6, 6.07) is 0. The van der Waals surface area contributed by atoms with Crippen LogP contribution in [0.15, 0.2) is 12.4 Å². The number of aromatic nitrogens is 4. The summed E-state index contributed by atoms with van der Waals surface area (Å²) in [5.74, 6) is 1.03. The molecule has 0 saturated heterocycles. The molecule has 1 spiro atoms. The van der Waals surface area contributed by atoms with Crippen LogP contribution in [0.25, 0.3) is 0 Å². The fraction of sp³-hybridized carbons (Fsp3) is 0.500. The maximum Gasteiger partial charge on any atom is 0.243 e. The van der Waals surface area contributed by atoms with Gasteiger partial charge in [0.1, 0.15) is 5.15 Å². The molecule has 4 rings (SSSR count). The summed E-state index contributed by atoms with van der Waals surface area (Å²) in [5.41, 5.74) is 0.574. The van der Waals surface area contributed by atoms with Gasteiger partial charge in [-0.1, -0.05) is 24.4 Å². The van der Waals surface area contributed by atoms with Crippen LogP contribution in [-0.4, -0.2) is 38.9 Å². The van der Waals surface area contributed by atoms with E-state index in [-0.39, 0.29) is 16.3 Å². The van der Waals surface area contributed by atoms with Crippen LogP contribution < -0.4 is 9.80 Å². The van der Waals surface area contributed by atoms with Gasteiger partial charge in [-0.3, -0.25) is 9.69 Å². The summed E-state index contributed by atoms with van der Waals surface area (Å²) in [5, 5.41) is 0.274. The Labute approximate surface area is 167 Å². The van der Waals surface area contributed by atoms with Gasteiger partial charge < -0.3 is 4.90 Å². The van der Waals surface area contributed by atoms with E-state index in [9.17, 15) is 4.79 Å². The van der Waals surface area contributed by atoms with E-state index < -0.39 is 5.41 Å². The number of hydrogen-bond donors (Lipinski definition) is 0. The number of anilines is 3. The Bertz CT molecular complexity index is 878. The molecule has 0 N–H and O–H groups in total. The van der Waals surface area contributed by atoms with Gasteiger partial charge in [-0.05, 0) is 38.3 Å². The number of nitrogens with zero attached hydrogens (tertiary/aromatic N) is 6. The molecule has 9 heteroatoms. The predicted molar refractivity (Wildman–Crippen MR) is 105 cm³/mol. The van der Waals surface area contributed by atoms with Gasteiger partial charge in [0.25, 0.3) is 0 Å². The van der Waals surface area contributed by atoms with E-state index >= 15 is 0 Å². The van der Waals surface area contributed by atoms with Crippen molar-refractivity contribution >= 4 is 46.6 Å². The number of halogens is 2. The third-order valence-electron chi connectivity index (χ3n) is 5.51. The quantitative estimate of drug-likeness (QED) is 0.565. The molecular formula is C18H20Cl2N6O. The lowest BCUT2D eigenvalue weighted by Crippen LogP contribution is -2.36. The molecule has 7 nitrogen and oxygen atoms in total. The third kappa shape index (κ3) is 2.75. The number of amides is 1. The second-order valence-electron chi connectivity index (χ2n) is 6.83. The lowest BCUT2D eigenvalue weighted by atomic mass is 9.81. The minimum atomic E-state index is -0.672. The average Bonchev–Trinajstić information content (AvgIpc) is 3.22. The van der Waals surface area contributed by atoms with Crippen LogP contribution in [0.3, 0.4) is 0 Å². The van der Waals surface area contributed by atoms with E-state index in [0.717, 1.165) is 38.8 Å². The molecule has 2 aliphatic rings. The molecule has 2 aromatic rings. The molecule has 1 saturated carbocycles. The fourth-order valence-corrected chi connectivity index (χ4v) is 4.72. The molecule has 0 unspecified atom stereocenters. The van der Waals surface area contributed by atoms with Crippen molar-refractivity contribution in [3.05, 3.63) is 28.4 Å². The number of carbonyl (C=O) groups is 1. The number of fused-ring (bicyclic) bond motifs is 2. The maximum absolute atomic E-state index is 13.5. The van der Waals surface area contributed by atoms with Crippen molar-refractivity contribution in [2.24, 2.45) is 0 Å². The van der Waals surface area contributed by atoms with Crippen LogP contribution in [0.4, 0.5) is 17.5 Å². The predicted octanol–water partition coefficient (Wildman–Crippen LogP) is 3.91. The lowest BCUT2D eigenvalue weighted by molar-refractivity contribution is -0.122. The summed E-state index contributed by atoms with van der Waals surface area (Å²) in [6.45, 7) is 5.71. The normalized spacial score (nSPS) is 17.6. The van der Waals surface area contributed by atoms with Gasteiger partial charge in [0, 0.05) is 18.7 Å². The summed E-state index contributed by atoms with van der Waals surface area (Å²) in [6.07, 6.45) is 6.71. The highest BCUT2D eigenvalue weighted by atomic mass is 35.5. The Kier molecular flexibility index (Phi) is 4.68. The molecule has 1 aliphatic heterocycles. The Morgan fingerprint density at radius 3 is 2.33 bits per heavy atom. The monoisotopic (exact) mass is 406 g/mol. The van der Waals surface area contributed by atoms with Gasteiger partial charge in [0.2, 0.25) is 17.1 Å². The summed E-state index contributed by atoms with van der Waals surface area (Å²) in [4.78, 5) is 34.4. The zero-order chi connectivity index (χ0) is 19.2. The van der Waals surface area contributed by atoms with E-state index in [2.05, 4.69) is 19.9 Å². The highest BCUT2D eigenvalue weighted by Crippen LogP contribution is 2.54. The van der Waals surface area contributed by atoms with Crippen molar-refractivity contribution in [2.45, 2.75) is 44.9 Å². The van der Waals surface area contributed by atoms with Crippen molar-refractivity contribution in [1.82, 2.24) is 19.9 Å². The fourth-order valence-electron chi connectivity index (χ4n) is 4.17. The van der Waals surface area contributed by atoms with Crippen LogP contribution in [0.2, 0.25) is 10.4 Å². The van der Waals surface area contributed by atoms with Crippen molar-refractivity contribution in [1.29, 1.82) is 0 Å². The van der Waals surface area contributed by atoms with E-state index in [1.54, 1.807) is 17.3 Å². The third-order valence-corrected chi connectivity index (χ3v) is 5.95. The van der Waals surface area contributed by atoms with Gasteiger partial charge in [-0.25, -0.2) is 15.0 Å². The Morgan fingerprint density at radius 2 is 1.74 bits per heavy atom. The van der Waals surface area contributed by atoms with Gasteiger partial charge in [0.15, 0.2) is 5.82 Å². The molecule has 0 atom stereocenters. The zero-order valence-electron chi connectivity index (χ0n) is 15.2. The van der Waals surface area contributed by atoms with Crippen LogP contribution in [0, 0.1) is 0 Å². The average molecular weight is 407 g/mol. The van der Waals surface area contributed by atoms with Gasteiger partial charge >= 0.3 is 0 Å².